The fourth-order valence-electron chi connectivity index (χ4n) is 4.87. The number of fused-ring (bicyclic) bond motifs is 1. The quantitative estimate of drug-likeness (QED) is 0.334. The van der Waals surface area contributed by atoms with Crippen molar-refractivity contribution in [1.29, 1.82) is 0 Å². The Labute approximate surface area is 211 Å². The highest BCUT2D eigenvalue weighted by Crippen LogP contribution is 2.39. The zero-order chi connectivity index (χ0) is 24.4. The number of amides is 1. The molecule has 3 heterocycles. The van der Waals surface area contributed by atoms with E-state index in [4.69, 9.17) is 12.2 Å². The molecule has 178 valence electrons. The van der Waals surface area contributed by atoms with Crippen LogP contribution in [0.3, 0.4) is 0 Å². The van der Waals surface area contributed by atoms with Crippen LogP contribution in [0.15, 0.2) is 85.2 Å². The van der Waals surface area contributed by atoms with Gasteiger partial charge in [0, 0.05) is 48.2 Å². The summed E-state index contributed by atoms with van der Waals surface area (Å²) in [7, 11) is 0. The lowest BCUT2D eigenvalue weighted by molar-refractivity contribution is -0.116. The van der Waals surface area contributed by atoms with Crippen LogP contribution in [0.25, 0.3) is 10.8 Å². The van der Waals surface area contributed by atoms with Crippen molar-refractivity contribution >= 4 is 39.7 Å². The summed E-state index contributed by atoms with van der Waals surface area (Å²) in [5, 5.41) is 9.34. The van der Waals surface area contributed by atoms with E-state index in [2.05, 4.69) is 57.3 Å². The molecule has 0 saturated carbocycles. The number of carbonyl (C=O) groups excluding carboxylic acids is 1. The minimum atomic E-state index is -0.0998. The topological polar surface area (TPSA) is 62.2 Å². The molecule has 0 unspecified atom stereocenters. The number of hydrogen-bond acceptors (Lipinski definition) is 3. The molecule has 1 aliphatic heterocycles. The molecular weight excluding hydrogens is 454 g/mol. The maximum Gasteiger partial charge on any atom is 0.226 e. The normalized spacial score (nSPS) is 17.7. The van der Waals surface area contributed by atoms with Gasteiger partial charge in [-0.05, 0) is 61.8 Å². The van der Waals surface area contributed by atoms with Gasteiger partial charge in [0.05, 0.1) is 17.8 Å². The Balaban J connectivity index is 1.38. The second kappa shape index (κ2) is 9.88. The third-order valence-electron chi connectivity index (χ3n) is 6.51. The van der Waals surface area contributed by atoms with E-state index in [1.807, 2.05) is 60.7 Å². The molecule has 2 atom stereocenters. The van der Waals surface area contributed by atoms with Crippen molar-refractivity contribution in [3.63, 3.8) is 0 Å². The van der Waals surface area contributed by atoms with Crippen molar-refractivity contribution in [2.75, 3.05) is 11.9 Å². The van der Waals surface area contributed by atoms with E-state index in [9.17, 15) is 4.79 Å². The van der Waals surface area contributed by atoms with E-state index in [1.165, 1.54) is 0 Å². The molecule has 0 spiro atoms. The SMILES string of the molecule is CC(C)n1cccc1[C@@H]1[C@H](c2ccccn2)NC(=S)N1CCC(=O)Nc1cccc2ccccc12. The number of hydrogen-bond donors (Lipinski definition) is 2. The van der Waals surface area contributed by atoms with E-state index >= 15 is 0 Å². The predicted molar refractivity (Wildman–Crippen MR) is 144 cm³/mol. The van der Waals surface area contributed by atoms with Crippen LogP contribution in [-0.2, 0) is 4.79 Å². The Hall–Kier alpha value is -3.71. The fraction of sp³-hybridized carbons (Fsp3) is 0.250. The van der Waals surface area contributed by atoms with Crippen LogP contribution in [0, 0.1) is 0 Å². The second-order valence-electron chi connectivity index (χ2n) is 9.08. The van der Waals surface area contributed by atoms with Crippen molar-refractivity contribution in [3.05, 3.63) is 96.6 Å². The van der Waals surface area contributed by atoms with E-state index in [0.29, 0.717) is 24.1 Å². The number of nitrogens with one attached hydrogen (secondary N) is 2. The third-order valence-corrected chi connectivity index (χ3v) is 6.86. The summed E-state index contributed by atoms with van der Waals surface area (Å²) in [5.74, 6) is -0.0385. The Bertz CT molecular complexity index is 1340. The van der Waals surface area contributed by atoms with E-state index in [1.54, 1.807) is 6.20 Å². The molecule has 0 radical (unpaired) electrons. The maximum absolute atomic E-state index is 13.0. The average Bonchev–Trinajstić information content (AvgIpc) is 3.48. The number of benzene rings is 2. The smallest absolute Gasteiger partial charge is 0.226 e. The number of pyridine rings is 1. The van der Waals surface area contributed by atoms with Crippen molar-refractivity contribution in [2.45, 2.75) is 38.4 Å². The monoisotopic (exact) mass is 483 g/mol. The van der Waals surface area contributed by atoms with Crippen molar-refractivity contribution in [1.82, 2.24) is 19.8 Å². The number of carbonyl (C=O) groups is 1. The summed E-state index contributed by atoms with van der Waals surface area (Å²) in [6.07, 6.45) is 4.22. The van der Waals surface area contributed by atoms with Crippen LogP contribution in [0.5, 0.6) is 0 Å². The van der Waals surface area contributed by atoms with Gasteiger partial charge in [-0.25, -0.2) is 0 Å². The predicted octanol–water partition coefficient (Wildman–Crippen LogP) is 5.62. The van der Waals surface area contributed by atoms with Crippen LogP contribution >= 0.6 is 12.2 Å². The van der Waals surface area contributed by atoms with E-state index < -0.39 is 0 Å². The lowest BCUT2D eigenvalue weighted by Crippen LogP contribution is -2.33. The lowest BCUT2D eigenvalue weighted by atomic mass is 10.0. The Morgan fingerprint density at radius 3 is 2.66 bits per heavy atom. The molecule has 1 aliphatic rings. The van der Waals surface area contributed by atoms with Gasteiger partial charge in [-0.15, -0.1) is 0 Å². The molecule has 2 aromatic heterocycles. The minimum Gasteiger partial charge on any atom is -0.352 e. The number of nitrogens with zero attached hydrogens (tertiary/aromatic N) is 3. The second-order valence-corrected chi connectivity index (χ2v) is 9.47. The summed E-state index contributed by atoms with van der Waals surface area (Å²) < 4.78 is 2.26. The molecule has 7 heteroatoms. The van der Waals surface area contributed by atoms with Crippen molar-refractivity contribution < 1.29 is 4.79 Å². The van der Waals surface area contributed by atoms with Crippen molar-refractivity contribution in [2.24, 2.45) is 0 Å². The summed E-state index contributed by atoms with van der Waals surface area (Å²) in [6.45, 7) is 4.84. The molecule has 5 rings (SSSR count). The molecule has 2 aromatic carbocycles. The zero-order valence-electron chi connectivity index (χ0n) is 19.9. The van der Waals surface area contributed by atoms with Gasteiger partial charge in [-0.1, -0.05) is 42.5 Å². The maximum atomic E-state index is 13.0. The fourth-order valence-corrected chi connectivity index (χ4v) is 5.20. The molecule has 1 amide bonds. The third kappa shape index (κ3) is 4.64. The van der Waals surface area contributed by atoms with Gasteiger partial charge in [0.15, 0.2) is 5.11 Å². The van der Waals surface area contributed by atoms with Gasteiger partial charge in [0.2, 0.25) is 5.91 Å². The van der Waals surface area contributed by atoms with Gasteiger partial charge in [0.25, 0.3) is 0 Å². The molecule has 1 fully saturated rings. The molecule has 0 aliphatic carbocycles. The first-order valence-electron chi connectivity index (χ1n) is 12.0. The number of thiocarbonyl (C=S) groups is 1. The van der Waals surface area contributed by atoms with Gasteiger partial charge in [-0.2, -0.15) is 0 Å². The summed E-state index contributed by atoms with van der Waals surface area (Å²) in [6, 6.07) is 24.3. The molecule has 6 nitrogen and oxygen atoms in total. The highest BCUT2D eigenvalue weighted by molar-refractivity contribution is 7.80. The van der Waals surface area contributed by atoms with Crippen LogP contribution < -0.4 is 10.6 Å². The van der Waals surface area contributed by atoms with Crippen LogP contribution in [0.2, 0.25) is 0 Å². The Morgan fingerprint density at radius 2 is 1.86 bits per heavy atom. The number of anilines is 1. The number of aromatic nitrogens is 2. The minimum absolute atomic E-state index is 0.0385. The first-order valence-corrected chi connectivity index (χ1v) is 12.4. The van der Waals surface area contributed by atoms with Crippen molar-refractivity contribution in [3.8, 4) is 0 Å². The standard InChI is InChI=1S/C28H29N5OS/c1-19(2)32-17-8-14-24(32)27-26(23-12-5-6-16-29-23)31-28(35)33(27)18-15-25(34)30-22-13-7-10-20-9-3-4-11-21(20)22/h3-14,16-17,19,26-27H,15,18H2,1-2H3,(H,30,34)(H,31,35)/t26-,27+/m0/s1. The number of rotatable bonds is 7. The van der Waals surface area contributed by atoms with Gasteiger partial charge in [-0.3, -0.25) is 9.78 Å². The Morgan fingerprint density at radius 1 is 1.06 bits per heavy atom. The average molecular weight is 484 g/mol. The molecule has 4 aromatic rings. The molecule has 0 bridgehead atoms. The zero-order valence-corrected chi connectivity index (χ0v) is 20.7. The Kier molecular flexibility index (Phi) is 6.51. The van der Waals surface area contributed by atoms with Crippen LogP contribution in [0.1, 0.15) is 49.8 Å². The first-order chi connectivity index (χ1) is 17.0. The lowest BCUT2D eigenvalue weighted by Gasteiger charge is -2.29. The van der Waals surface area contributed by atoms with E-state index in [-0.39, 0.29) is 18.0 Å². The molecule has 2 N–H and O–H groups in total. The first kappa shape index (κ1) is 23.1. The van der Waals surface area contributed by atoms with Crippen LogP contribution in [-0.4, -0.2) is 32.0 Å². The van der Waals surface area contributed by atoms with Gasteiger partial charge < -0.3 is 20.1 Å². The van der Waals surface area contributed by atoms with Gasteiger partial charge >= 0.3 is 0 Å². The molecular formula is C28H29N5OS. The highest BCUT2D eigenvalue weighted by Gasteiger charge is 2.41. The van der Waals surface area contributed by atoms with E-state index in [0.717, 1.165) is 27.8 Å². The summed E-state index contributed by atoms with van der Waals surface area (Å²) in [4.78, 5) is 19.8. The summed E-state index contributed by atoms with van der Waals surface area (Å²) >= 11 is 5.77. The molecule has 1 saturated heterocycles. The van der Waals surface area contributed by atoms with Gasteiger partial charge in [0.1, 0.15) is 0 Å². The molecule has 35 heavy (non-hydrogen) atoms. The van der Waals surface area contributed by atoms with Crippen LogP contribution in [0.4, 0.5) is 5.69 Å². The summed E-state index contributed by atoms with van der Waals surface area (Å²) in [5.41, 5.74) is 2.91. The highest BCUT2D eigenvalue weighted by atomic mass is 32.1. The largest absolute Gasteiger partial charge is 0.352 e.